The predicted octanol–water partition coefficient (Wildman–Crippen LogP) is 1.91. The summed E-state index contributed by atoms with van der Waals surface area (Å²) >= 11 is 0. The highest BCUT2D eigenvalue weighted by molar-refractivity contribution is 8.13. The molecule has 7 heteroatoms. The quantitative estimate of drug-likeness (QED) is 0.783. The van der Waals surface area contributed by atoms with Gasteiger partial charge in [0.1, 0.15) is 5.75 Å². The molecule has 0 aliphatic rings. The lowest BCUT2D eigenvalue weighted by molar-refractivity contribution is 0.375. The SMILES string of the molecule is COc1cc(CS(=O)(=O)Cl)c(OC)cc1F. The molecule has 0 bridgehead atoms. The second-order valence-electron chi connectivity index (χ2n) is 2.98. The Bertz CT molecular complexity index is 487. The Kier molecular flexibility index (Phi) is 3.98. The Balaban J connectivity index is 3.25. The van der Waals surface area contributed by atoms with Crippen molar-refractivity contribution in [1.82, 2.24) is 0 Å². The summed E-state index contributed by atoms with van der Waals surface area (Å²) in [5, 5.41) is 0. The number of hydrogen-bond acceptors (Lipinski definition) is 4. The largest absolute Gasteiger partial charge is 0.496 e. The zero-order chi connectivity index (χ0) is 12.3. The van der Waals surface area contributed by atoms with Crippen molar-refractivity contribution in [2.75, 3.05) is 14.2 Å². The van der Waals surface area contributed by atoms with E-state index in [9.17, 15) is 12.8 Å². The molecule has 0 saturated carbocycles. The number of hydrogen-bond donors (Lipinski definition) is 0. The average molecular weight is 269 g/mol. The van der Waals surface area contributed by atoms with E-state index < -0.39 is 20.6 Å². The summed E-state index contributed by atoms with van der Waals surface area (Å²) in [6, 6.07) is 2.30. The van der Waals surface area contributed by atoms with E-state index in [1.165, 1.54) is 20.3 Å². The number of benzene rings is 1. The molecule has 0 atom stereocenters. The first-order chi connectivity index (χ1) is 7.37. The molecular weight excluding hydrogens is 259 g/mol. The fourth-order valence-corrected chi connectivity index (χ4v) is 2.17. The van der Waals surface area contributed by atoms with Crippen LogP contribution in [0, 0.1) is 5.82 Å². The topological polar surface area (TPSA) is 52.6 Å². The van der Waals surface area contributed by atoms with Crippen LogP contribution in [0.25, 0.3) is 0 Å². The monoisotopic (exact) mass is 268 g/mol. The molecule has 0 unspecified atom stereocenters. The number of ether oxygens (including phenoxy) is 2. The van der Waals surface area contributed by atoms with Gasteiger partial charge in [-0.15, -0.1) is 0 Å². The van der Waals surface area contributed by atoms with Gasteiger partial charge in [-0.2, -0.15) is 0 Å². The van der Waals surface area contributed by atoms with Gasteiger partial charge >= 0.3 is 0 Å². The van der Waals surface area contributed by atoms with E-state index in [1.54, 1.807) is 0 Å². The fraction of sp³-hybridized carbons (Fsp3) is 0.333. The molecule has 90 valence electrons. The van der Waals surface area contributed by atoms with Crippen LogP contribution in [-0.4, -0.2) is 22.6 Å². The molecule has 4 nitrogen and oxygen atoms in total. The van der Waals surface area contributed by atoms with E-state index in [0.29, 0.717) is 0 Å². The molecule has 0 N–H and O–H groups in total. The molecule has 0 saturated heterocycles. The molecule has 0 spiro atoms. The highest BCUT2D eigenvalue weighted by Crippen LogP contribution is 2.29. The summed E-state index contributed by atoms with van der Waals surface area (Å²) < 4.78 is 44.7. The van der Waals surface area contributed by atoms with E-state index in [1.807, 2.05) is 0 Å². The van der Waals surface area contributed by atoms with Crippen molar-refractivity contribution in [3.8, 4) is 11.5 Å². The molecule has 0 heterocycles. The third-order valence-electron chi connectivity index (χ3n) is 1.88. The Morgan fingerprint density at radius 3 is 2.25 bits per heavy atom. The van der Waals surface area contributed by atoms with Gasteiger partial charge in [-0.1, -0.05) is 0 Å². The fourth-order valence-electron chi connectivity index (χ4n) is 1.22. The molecular formula is C9H10ClFO4S. The normalized spacial score (nSPS) is 11.2. The maximum absolute atomic E-state index is 13.3. The van der Waals surface area contributed by atoms with E-state index in [0.717, 1.165) is 6.07 Å². The van der Waals surface area contributed by atoms with Crippen LogP contribution in [0.2, 0.25) is 0 Å². The molecule has 0 fully saturated rings. The van der Waals surface area contributed by atoms with Crippen LogP contribution in [0.4, 0.5) is 4.39 Å². The second kappa shape index (κ2) is 4.88. The lowest BCUT2D eigenvalue weighted by atomic mass is 10.2. The van der Waals surface area contributed by atoms with E-state index in [2.05, 4.69) is 0 Å². The van der Waals surface area contributed by atoms with Gasteiger partial charge in [0, 0.05) is 22.3 Å². The zero-order valence-corrected chi connectivity index (χ0v) is 10.2. The maximum Gasteiger partial charge on any atom is 0.236 e. The van der Waals surface area contributed by atoms with Crippen molar-refractivity contribution in [2.45, 2.75) is 5.75 Å². The minimum absolute atomic E-state index is 0.0592. The van der Waals surface area contributed by atoms with Crippen molar-refractivity contribution >= 4 is 19.7 Å². The minimum Gasteiger partial charge on any atom is -0.496 e. The van der Waals surface area contributed by atoms with Gasteiger partial charge in [0.2, 0.25) is 9.05 Å². The molecule has 0 radical (unpaired) electrons. The molecule has 16 heavy (non-hydrogen) atoms. The van der Waals surface area contributed by atoms with Crippen molar-refractivity contribution in [3.63, 3.8) is 0 Å². The van der Waals surface area contributed by atoms with Gasteiger partial charge in [-0.3, -0.25) is 0 Å². The first-order valence-corrected chi connectivity index (χ1v) is 6.68. The standard InChI is InChI=1S/C9H10ClFO4S/c1-14-8-4-7(11)9(15-2)3-6(8)5-16(10,12)13/h3-4H,5H2,1-2H3. The summed E-state index contributed by atoms with van der Waals surface area (Å²) in [6.45, 7) is 0. The third kappa shape index (κ3) is 3.24. The van der Waals surface area contributed by atoms with Crippen LogP contribution in [0.15, 0.2) is 12.1 Å². The Labute approximate surface area is 97.4 Å². The molecule has 0 amide bonds. The molecule has 0 aromatic heterocycles. The summed E-state index contributed by atoms with van der Waals surface area (Å²) in [5.41, 5.74) is 0.246. The summed E-state index contributed by atoms with van der Waals surface area (Å²) in [7, 11) is 3.97. The van der Waals surface area contributed by atoms with Crippen molar-refractivity contribution in [1.29, 1.82) is 0 Å². The predicted molar refractivity (Wildman–Crippen MR) is 58.0 cm³/mol. The summed E-state index contributed by atoms with van der Waals surface area (Å²) in [4.78, 5) is 0. The highest BCUT2D eigenvalue weighted by atomic mass is 35.7. The van der Waals surface area contributed by atoms with Gasteiger partial charge in [-0.25, -0.2) is 12.8 Å². The molecule has 0 aliphatic carbocycles. The van der Waals surface area contributed by atoms with Crippen molar-refractivity contribution in [2.24, 2.45) is 0 Å². The maximum atomic E-state index is 13.3. The highest BCUT2D eigenvalue weighted by Gasteiger charge is 2.16. The van der Waals surface area contributed by atoms with E-state index in [-0.39, 0.29) is 17.1 Å². The van der Waals surface area contributed by atoms with Gasteiger partial charge in [-0.05, 0) is 6.07 Å². The van der Waals surface area contributed by atoms with Gasteiger partial charge < -0.3 is 9.47 Å². The summed E-state index contributed by atoms with van der Waals surface area (Å²) in [5.74, 6) is -1.03. The van der Waals surface area contributed by atoms with Gasteiger partial charge in [0.15, 0.2) is 11.6 Å². The zero-order valence-electron chi connectivity index (χ0n) is 8.66. The van der Waals surface area contributed by atoms with Crippen LogP contribution in [-0.2, 0) is 14.8 Å². The molecule has 1 aromatic carbocycles. The Morgan fingerprint density at radius 2 is 1.81 bits per heavy atom. The minimum atomic E-state index is -3.73. The first kappa shape index (κ1) is 13.1. The lowest BCUT2D eigenvalue weighted by Gasteiger charge is -2.10. The van der Waals surface area contributed by atoms with Crippen molar-refractivity contribution in [3.05, 3.63) is 23.5 Å². The van der Waals surface area contributed by atoms with Crippen LogP contribution >= 0.6 is 10.7 Å². The van der Waals surface area contributed by atoms with Crippen LogP contribution in [0.3, 0.4) is 0 Å². The second-order valence-corrected chi connectivity index (χ2v) is 5.76. The van der Waals surface area contributed by atoms with E-state index >= 15 is 0 Å². The van der Waals surface area contributed by atoms with E-state index in [4.69, 9.17) is 20.2 Å². The Morgan fingerprint density at radius 1 is 1.25 bits per heavy atom. The molecule has 0 aliphatic heterocycles. The van der Waals surface area contributed by atoms with Gasteiger partial charge in [0.25, 0.3) is 0 Å². The number of rotatable bonds is 4. The first-order valence-electron chi connectivity index (χ1n) is 4.20. The molecule has 1 rings (SSSR count). The Hall–Kier alpha value is -1.01. The van der Waals surface area contributed by atoms with Gasteiger partial charge in [0.05, 0.1) is 20.0 Å². The lowest BCUT2D eigenvalue weighted by Crippen LogP contribution is -2.01. The van der Waals surface area contributed by atoms with Crippen molar-refractivity contribution < 1.29 is 22.3 Å². The summed E-state index contributed by atoms with van der Waals surface area (Å²) in [6.07, 6.45) is 0. The average Bonchev–Trinajstić information content (AvgIpc) is 2.18. The van der Waals surface area contributed by atoms with Crippen LogP contribution in [0.5, 0.6) is 11.5 Å². The van der Waals surface area contributed by atoms with Crippen LogP contribution in [0.1, 0.15) is 5.56 Å². The number of halogens is 2. The number of methoxy groups -OCH3 is 2. The smallest absolute Gasteiger partial charge is 0.236 e. The van der Waals surface area contributed by atoms with Crippen LogP contribution < -0.4 is 9.47 Å². The third-order valence-corrected chi connectivity index (χ3v) is 2.87. The molecule has 1 aromatic rings.